The standard InChI is InChI=1S/C21H19F4N5O2S/c1-26-20-28-8-6-14(29-20)13-3-2-7-27-19(13)32-16-5-4-15(17(22)18(16)23)30-33(31)11-12-9-21(24,25)10-12/h2-8,12,30H,9-11H2,1H3,(H,26,28,29). The molecule has 0 bridgehead atoms. The molecule has 2 N–H and O–H groups in total. The van der Waals surface area contributed by atoms with Crippen LogP contribution in [0.25, 0.3) is 11.3 Å². The van der Waals surface area contributed by atoms with E-state index in [1.165, 1.54) is 12.4 Å². The van der Waals surface area contributed by atoms with Crippen molar-refractivity contribution < 1.29 is 26.5 Å². The van der Waals surface area contributed by atoms with Crippen LogP contribution in [0.2, 0.25) is 0 Å². The summed E-state index contributed by atoms with van der Waals surface area (Å²) in [5.41, 5.74) is 0.519. The third kappa shape index (κ3) is 5.21. The molecule has 12 heteroatoms. The fourth-order valence-electron chi connectivity index (χ4n) is 3.37. The number of hydrogen-bond donors (Lipinski definition) is 2. The van der Waals surface area contributed by atoms with Gasteiger partial charge in [0.05, 0.1) is 16.9 Å². The van der Waals surface area contributed by atoms with E-state index < -0.39 is 40.2 Å². The molecule has 174 valence electrons. The van der Waals surface area contributed by atoms with Gasteiger partial charge in [-0.1, -0.05) is 0 Å². The van der Waals surface area contributed by atoms with Crippen LogP contribution in [0.15, 0.2) is 42.7 Å². The molecule has 1 aliphatic carbocycles. The van der Waals surface area contributed by atoms with E-state index in [9.17, 15) is 21.8 Å². The van der Waals surface area contributed by atoms with Gasteiger partial charge in [-0.2, -0.15) is 4.39 Å². The summed E-state index contributed by atoms with van der Waals surface area (Å²) in [5, 5.41) is 2.81. The lowest BCUT2D eigenvalue weighted by Crippen LogP contribution is -2.38. The molecule has 1 atom stereocenters. The highest BCUT2D eigenvalue weighted by Crippen LogP contribution is 2.42. The van der Waals surface area contributed by atoms with Crippen LogP contribution in [0.3, 0.4) is 0 Å². The Balaban J connectivity index is 1.51. The summed E-state index contributed by atoms with van der Waals surface area (Å²) >= 11 is 0. The lowest BCUT2D eigenvalue weighted by molar-refractivity contribution is -0.103. The summed E-state index contributed by atoms with van der Waals surface area (Å²) in [5.74, 6) is -5.98. The van der Waals surface area contributed by atoms with Gasteiger partial charge >= 0.3 is 0 Å². The Morgan fingerprint density at radius 3 is 2.64 bits per heavy atom. The van der Waals surface area contributed by atoms with Crippen molar-refractivity contribution in [2.75, 3.05) is 22.8 Å². The molecule has 1 aromatic carbocycles. The topological polar surface area (TPSA) is 89.0 Å². The molecule has 0 saturated heterocycles. The van der Waals surface area contributed by atoms with Gasteiger partial charge in [0.15, 0.2) is 11.6 Å². The first kappa shape index (κ1) is 22.9. The zero-order chi connectivity index (χ0) is 23.6. The van der Waals surface area contributed by atoms with Gasteiger partial charge in [0.2, 0.25) is 23.6 Å². The van der Waals surface area contributed by atoms with E-state index in [4.69, 9.17) is 4.74 Å². The number of nitrogens with zero attached hydrogens (tertiary/aromatic N) is 3. The molecular weight excluding hydrogens is 462 g/mol. The van der Waals surface area contributed by atoms with Crippen LogP contribution < -0.4 is 14.8 Å². The van der Waals surface area contributed by atoms with Crippen molar-refractivity contribution in [1.82, 2.24) is 15.0 Å². The molecule has 4 rings (SSSR count). The molecule has 1 fully saturated rings. The van der Waals surface area contributed by atoms with Crippen molar-refractivity contribution in [3.63, 3.8) is 0 Å². The Morgan fingerprint density at radius 2 is 1.91 bits per heavy atom. The van der Waals surface area contributed by atoms with E-state index in [2.05, 4.69) is 25.0 Å². The van der Waals surface area contributed by atoms with Gasteiger partial charge < -0.3 is 14.8 Å². The smallest absolute Gasteiger partial charge is 0.248 e. The summed E-state index contributed by atoms with van der Waals surface area (Å²) in [6.07, 6.45) is 2.23. The first-order valence-electron chi connectivity index (χ1n) is 9.90. The quantitative estimate of drug-likeness (QED) is 0.451. The highest BCUT2D eigenvalue weighted by Gasteiger charge is 2.45. The number of aromatic nitrogens is 3. The molecule has 0 amide bonds. The van der Waals surface area contributed by atoms with Gasteiger partial charge in [-0.3, -0.25) is 0 Å². The lowest BCUT2D eigenvalue weighted by Gasteiger charge is -2.34. The molecule has 0 radical (unpaired) electrons. The van der Waals surface area contributed by atoms with Crippen molar-refractivity contribution in [3.05, 3.63) is 54.4 Å². The van der Waals surface area contributed by atoms with E-state index in [0.717, 1.165) is 12.1 Å². The third-order valence-electron chi connectivity index (χ3n) is 4.97. The van der Waals surface area contributed by atoms with Gasteiger partial charge in [-0.25, -0.2) is 32.3 Å². The normalized spacial score (nSPS) is 16.0. The summed E-state index contributed by atoms with van der Waals surface area (Å²) < 4.78 is 75.1. The second kappa shape index (κ2) is 9.30. The van der Waals surface area contributed by atoms with Crippen LogP contribution in [0, 0.1) is 17.6 Å². The first-order chi connectivity index (χ1) is 15.8. The second-order valence-corrected chi connectivity index (χ2v) is 8.69. The van der Waals surface area contributed by atoms with Gasteiger partial charge in [0.25, 0.3) is 0 Å². The predicted octanol–water partition coefficient (Wildman–Crippen LogP) is 4.77. The third-order valence-corrected chi connectivity index (χ3v) is 6.19. The van der Waals surface area contributed by atoms with Crippen LogP contribution in [-0.2, 0) is 11.0 Å². The maximum absolute atomic E-state index is 14.7. The monoisotopic (exact) mass is 481 g/mol. The van der Waals surface area contributed by atoms with E-state index in [1.54, 1.807) is 25.2 Å². The van der Waals surface area contributed by atoms with E-state index in [-0.39, 0.29) is 30.2 Å². The average Bonchev–Trinajstić information content (AvgIpc) is 2.78. The number of benzene rings is 1. The molecule has 1 unspecified atom stereocenters. The number of hydrogen-bond acceptors (Lipinski definition) is 6. The largest absolute Gasteiger partial charge is 0.435 e. The van der Waals surface area contributed by atoms with Crippen molar-refractivity contribution in [2.24, 2.45) is 5.92 Å². The Kier molecular flexibility index (Phi) is 6.45. The average molecular weight is 481 g/mol. The molecule has 2 heterocycles. The lowest BCUT2D eigenvalue weighted by atomic mass is 9.83. The molecular formula is C21H19F4N5O2S. The number of alkyl halides is 2. The highest BCUT2D eigenvalue weighted by molar-refractivity contribution is 7.86. The highest BCUT2D eigenvalue weighted by atomic mass is 32.2. The van der Waals surface area contributed by atoms with E-state index in [0.29, 0.717) is 17.2 Å². The second-order valence-electron chi connectivity index (χ2n) is 7.46. The minimum Gasteiger partial charge on any atom is -0.435 e. The predicted molar refractivity (Wildman–Crippen MR) is 116 cm³/mol. The molecule has 2 aromatic heterocycles. The van der Waals surface area contributed by atoms with Crippen LogP contribution in [0.1, 0.15) is 12.8 Å². The minimum atomic E-state index is -2.74. The summed E-state index contributed by atoms with van der Waals surface area (Å²) in [4.78, 5) is 12.4. The summed E-state index contributed by atoms with van der Waals surface area (Å²) in [6, 6.07) is 7.23. The zero-order valence-corrected chi connectivity index (χ0v) is 18.1. The fraction of sp³-hybridized carbons (Fsp3) is 0.286. The van der Waals surface area contributed by atoms with Gasteiger partial charge in [0.1, 0.15) is 11.0 Å². The Labute approximate surface area is 189 Å². The fourth-order valence-corrected chi connectivity index (χ4v) is 4.52. The van der Waals surface area contributed by atoms with E-state index >= 15 is 0 Å². The van der Waals surface area contributed by atoms with Gasteiger partial charge in [-0.05, 0) is 36.2 Å². The van der Waals surface area contributed by atoms with E-state index in [1.807, 2.05) is 0 Å². The zero-order valence-electron chi connectivity index (χ0n) is 17.3. The van der Waals surface area contributed by atoms with Gasteiger partial charge in [0, 0.05) is 38.0 Å². The van der Waals surface area contributed by atoms with Crippen molar-refractivity contribution in [1.29, 1.82) is 0 Å². The number of anilines is 2. The number of pyridine rings is 1. The molecule has 33 heavy (non-hydrogen) atoms. The maximum Gasteiger partial charge on any atom is 0.248 e. The summed E-state index contributed by atoms with van der Waals surface area (Å²) in [6.45, 7) is 0. The Morgan fingerprint density at radius 1 is 1.12 bits per heavy atom. The Hall–Kier alpha value is -3.28. The maximum atomic E-state index is 14.7. The molecule has 7 nitrogen and oxygen atoms in total. The van der Waals surface area contributed by atoms with Crippen LogP contribution in [-0.4, -0.2) is 37.9 Å². The first-order valence-corrected chi connectivity index (χ1v) is 11.2. The number of halogens is 4. The summed E-state index contributed by atoms with van der Waals surface area (Å²) in [7, 11) is -0.186. The minimum absolute atomic E-state index is 0.00764. The molecule has 1 aliphatic rings. The SMILES string of the molecule is CNc1nccc(-c2cccnc2Oc2ccc(NS(=O)CC3CC(F)(F)C3)c(F)c2F)n1. The van der Waals surface area contributed by atoms with Gasteiger partial charge in [-0.15, -0.1) is 0 Å². The number of ether oxygens (including phenoxy) is 1. The van der Waals surface area contributed by atoms with Crippen molar-refractivity contribution in [2.45, 2.75) is 18.8 Å². The number of rotatable bonds is 8. The Bertz CT molecular complexity index is 1190. The molecule has 0 spiro atoms. The van der Waals surface area contributed by atoms with Crippen molar-refractivity contribution in [3.8, 4) is 22.9 Å². The molecule has 1 saturated carbocycles. The van der Waals surface area contributed by atoms with Crippen LogP contribution >= 0.6 is 0 Å². The molecule has 3 aromatic rings. The van der Waals surface area contributed by atoms with Crippen LogP contribution in [0.5, 0.6) is 11.6 Å². The van der Waals surface area contributed by atoms with Crippen LogP contribution in [0.4, 0.5) is 29.2 Å². The van der Waals surface area contributed by atoms with Crippen molar-refractivity contribution >= 4 is 22.6 Å². The number of nitrogens with one attached hydrogen (secondary N) is 2. The molecule has 0 aliphatic heterocycles.